The zero-order valence-electron chi connectivity index (χ0n) is 16.6. The maximum atomic E-state index is 11.1. The molecule has 0 amide bonds. The van der Waals surface area contributed by atoms with E-state index in [2.05, 4.69) is 27.0 Å². The fourth-order valence-corrected chi connectivity index (χ4v) is 4.77. The van der Waals surface area contributed by atoms with Crippen LogP contribution in [-0.2, 0) is 5.60 Å². The van der Waals surface area contributed by atoms with Crippen LogP contribution in [0.25, 0.3) is 11.3 Å². The lowest BCUT2D eigenvalue weighted by Crippen LogP contribution is -2.51. The first-order chi connectivity index (χ1) is 13.3. The number of fused-ring (bicyclic) bond motifs is 1. The van der Waals surface area contributed by atoms with Crippen molar-refractivity contribution in [2.75, 3.05) is 31.6 Å². The first-order valence-corrected chi connectivity index (χ1v) is 10.2. The third-order valence-corrected chi connectivity index (χ3v) is 6.26. The highest BCUT2D eigenvalue weighted by molar-refractivity contribution is 6.31. The lowest BCUT2D eigenvalue weighted by molar-refractivity contribution is 0.0429. The van der Waals surface area contributed by atoms with Crippen molar-refractivity contribution in [3.8, 4) is 17.0 Å². The van der Waals surface area contributed by atoms with E-state index < -0.39 is 5.60 Å². The molecule has 0 spiro atoms. The van der Waals surface area contributed by atoms with Gasteiger partial charge >= 0.3 is 0 Å². The van der Waals surface area contributed by atoms with E-state index in [1.807, 2.05) is 19.9 Å². The van der Waals surface area contributed by atoms with Gasteiger partial charge in [0.2, 0.25) is 0 Å². The van der Waals surface area contributed by atoms with Gasteiger partial charge in [0.25, 0.3) is 0 Å². The summed E-state index contributed by atoms with van der Waals surface area (Å²) in [4.78, 5) is 4.64. The standard InChI is InChI=1S/C21H27ClN4O2/c1-13-9-14(22)10-18(27)19(13)17-11-16-20(24-23-17)26(8-6-21(16,2)28)15-5-4-7-25(3)12-15/h9-11,15,27-28H,4-8,12H2,1-3H3/t15-,21?/m1/s1. The van der Waals surface area contributed by atoms with Crippen molar-refractivity contribution in [1.29, 1.82) is 0 Å². The third kappa shape index (κ3) is 3.45. The normalized spacial score (nSPS) is 25.6. The summed E-state index contributed by atoms with van der Waals surface area (Å²) in [6.45, 7) is 6.58. The second kappa shape index (κ2) is 7.17. The average molecular weight is 403 g/mol. The number of anilines is 1. The van der Waals surface area contributed by atoms with Crippen LogP contribution in [0, 0.1) is 6.92 Å². The van der Waals surface area contributed by atoms with E-state index in [1.54, 1.807) is 6.07 Å². The minimum atomic E-state index is -0.979. The van der Waals surface area contributed by atoms with Crippen LogP contribution >= 0.6 is 11.6 Å². The van der Waals surface area contributed by atoms with Crippen molar-refractivity contribution < 1.29 is 10.2 Å². The Kier molecular flexibility index (Phi) is 4.98. The summed E-state index contributed by atoms with van der Waals surface area (Å²) < 4.78 is 0. The molecule has 0 bridgehead atoms. The number of phenolic OH excluding ortho intramolecular Hbond substituents is 1. The van der Waals surface area contributed by atoms with Gasteiger partial charge in [-0.1, -0.05) is 11.6 Å². The minimum Gasteiger partial charge on any atom is -0.507 e. The second-order valence-electron chi connectivity index (χ2n) is 8.36. The second-order valence-corrected chi connectivity index (χ2v) is 8.80. The molecule has 2 aliphatic heterocycles. The summed E-state index contributed by atoms with van der Waals surface area (Å²) in [7, 11) is 2.15. The number of rotatable bonds is 2. The molecule has 1 saturated heterocycles. The summed E-state index contributed by atoms with van der Waals surface area (Å²) in [6, 6.07) is 5.55. The number of likely N-dealkylation sites (N-methyl/N-ethyl adjacent to an activating group) is 1. The van der Waals surface area contributed by atoms with Crippen LogP contribution in [0.2, 0.25) is 5.02 Å². The quantitative estimate of drug-likeness (QED) is 0.802. The Labute approximate surface area is 170 Å². The van der Waals surface area contributed by atoms with Crippen molar-refractivity contribution in [3.05, 3.63) is 34.3 Å². The molecular formula is C21H27ClN4O2. The number of phenols is 1. The van der Waals surface area contributed by atoms with Gasteiger partial charge in [-0.2, -0.15) is 0 Å². The number of nitrogens with zero attached hydrogens (tertiary/aromatic N) is 4. The molecular weight excluding hydrogens is 376 g/mol. The molecule has 0 aliphatic carbocycles. The summed E-state index contributed by atoms with van der Waals surface area (Å²) in [6.07, 6.45) is 2.91. The fourth-order valence-electron chi connectivity index (χ4n) is 4.50. The molecule has 1 aromatic heterocycles. The number of benzene rings is 1. The van der Waals surface area contributed by atoms with Gasteiger partial charge in [0, 0.05) is 35.3 Å². The number of aliphatic hydroxyl groups is 1. The molecule has 0 radical (unpaired) electrons. The molecule has 6 nitrogen and oxygen atoms in total. The van der Waals surface area contributed by atoms with E-state index in [0.717, 1.165) is 49.4 Å². The number of hydrogen-bond donors (Lipinski definition) is 2. The van der Waals surface area contributed by atoms with E-state index in [-0.39, 0.29) is 5.75 Å². The highest BCUT2D eigenvalue weighted by Crippen LogP contribution is 2.41. The largest absolute Gasteiger partial charge is 0.507 e. The van der Waals surface area contributed by atoms with Gasteiger partial charge in [-0.15, -0.1) is 10.2 Å². The van der Waals surface area contributed by atoms with Crippen molar-refractivity contribution in [3.63, 3.8) is 0 Å². The van der Waals surface area contributed by atoms with Gasteiger partial charge in [0.05, 0.1) is 11.3 Å². The van der Waals surface area contributed by atoms with Gasteiger partial charge in [-0.25, -0.2) is 0 Å². The fraction of sp³-hybridized carbons (Fsp3) is 0.524. The topological polar surface area (TPSA) is 72.7 Å². The van der Waals surface area contributed by atoms with Gasteiger partial charge in [0.15, 0.2) is 5.82 Å². The number of aryl methyl sites for hydroxylation is 1. The number of piperidine rings is 1. The maximum Gasteiger partial charge on any atom is 0.157 e. The minimum absolute atomic E-state index is 0.0699. The van der Waals surface area contributed by atoms with Crippen LogP contribution in [-0.4, -0.2) is 58.0 Å². The van der Waals surface area contributed by atoms with Crippen molar-refractivity contribution in [2.45, 2.75) is 44.8 Å². The SMILES string of the molecule is Cc1cc(Cl)cc(O)c1-c1cc2c(nn1)N([C@@H]1CCCN(C)C1)CCC2(C)O. The molecule has 0 saturated carbocycles. The molecule has 4 rings (SSSR count). The zero-order chi connectivity index (χ0) is 20.1. The van der Waals surface area contributed by atoms with Crippen molar-refractivity contribution >= 4 is 17.4 Å². The first kappa shape index (κ1) is 19.4. The van der Waals surface area contributed by atoms with Crippen LogP contribution in [0.4, 0.5) is 5.82 Å². The number of aromatic nitrogens is 2. The lowest BCUT2D eigenvalue weighted by Gasteiger charge is -2.44. The Morgan fingerprint density at radius 3 is 2.71 bits per heavy atom. The van der Waals surface area contributed by atoms with E-state index in [9.17, 15) is 10.2 Å². The number of likely N-dealkylation sites (tertiary alicyclic amines) is 1. The molecule has 28 heavy (non-hydrogen) atoms. The Morgan fingerprint density at radius 2 is 2.00 bits per heavy atom. The van der Waals surface area contributed by atoms with Crippen LogP contribution < -0.4 is 4.90 Å². The van der Waals surface area contributed by atoms with Crippen LogP contribution in [0.15, 0.2) is 18.2 Å². The van der Waals surface area contributed by atoms with Crippen LogP contribution in [0.3, 0.4) is 0 Å². The van der Waals surface area contributed by atoms with Crippen LogP contribution in [0.5, 0.6) is 5.75 Å². The molecule has 1 fully saturated rings. The highest BCUT2D eigenvalue weighted by atomic mass is 35.5. The molecule has 1 unspecified atom stereocenters. The Hall–Kier alpha value is -1.89. The summed E-state index contributed by atoms with van der Waals surface area (Å²) >= 11 is 6.04. The van der Waals surface area contributed by atoms with Gasteiger partial charge in [0.1, 0.15) is 5.75 Å². The molecule has 1 aromatic carbocycles. The molecule has 150 valence electrons. The van der Waals surface area contributed by atoms with Crippen molar-refractivity contribution in [2.24, 2.45) is 0 Å². The van der Waals surface area contributed by atoms with E-state index in [4.69, 9.17) is 11.6 Å². The van der Waals surface area contributed by atoms with Crippen molar-refractivity contribution in [1.82, 2.24) is 15.1 Å². The predicted molar refractivity (Wildman–Crippen MR) is 111 cm³/mol. The van der Waals surface area contributed by atoms with Gasteiger partial charge < -0.3 is 20.0 Å². The van der Waals surface area contributed by atoms with E-state index in [0.29, 0.717) is 28.7 Å². The Bertz CT molecular complexity index is 879. The average Bonchev–Trinajstić information content (AvgIpc) is 2.61. The molecule has 7 heteroatoms. The monoisotopic (exact) mass is 402 g/mol. The third-order valence-electron chi connectivity index (χ3n) is 6.04. The molecule has 3 heterocycles. The van der Waals surface area contributed by atoms with Gasteiger partial charge in [-0.05, 0) is 70.5 Å². The molecule has 2 N–H and O–H groups in total. The van der Waals surface area contributed by atoms with Gasteiger partial charge in [-0.3, -0.25) is 0 Å². The van der Waals surface area contributed by atoms with E-state index >= 15 is 0 Å². The maximum absolute atomic E-state index is 11.1. The highest BCUT2D eigenvalue weighted by Gasteiger charge is 2.38. The smallest absolute Gasteiger partial charge is 0.157 e. The molecule has 2 aliphatic rings. The lowest BCUT2D eigenvalue weighted by atomic mass is 9.87. The first-order valence-electron chi connectivity index (χ1n) is 9.81. The van der Waals surface area contributed by atoms with Crippen LogP contribution in [0.1, 0.15) is 37.3 Å². The summed E-state index contributed by atoms with van der Waals surface area (Å²) in [5.74, 6) is 0.826. The Balaban J connectivity index is 1.78. The Morgan fingerprint density at radius 1 is 1.21 bits per heavy atom. The molecule has 2 aromatic rings. The number of hydrogen-bond acceptors (Lipinski definition) is 6. The zero-order valence-corrected chi connectivity index (χ0v) is 17.4. The predicted octanol–water partition coefficient (Wildman–Crippen LogP) is 3.32. The van der Waals surface area contributed by atoms with E-state index in [1.165, 1.54) is 6.07 Å². The number of aromatic hydroxyl groups is 1. The summed E-state index contributed by atoms with van der Waals surface area (Å²) in [5.41, 5.74) is 1.76. The summed E-state index contributed by atoms with van der Waals surface area (Å²) in [5, 5.41) is 30.9. The molecule has 2 atom stereocenters. The number of halogens is 1.